The molecular weight excluding hydrogens is 497 g/mol. The van der Waals surface area contributed by atoms with Gasteiger partial charge in [0.2, 0.25) is 5.95 Å². The molecule has 4 rings (SSSR count). The number of nitrogens with zero attached hydrogens (tertiary/aromatic N) is 3. The smallest absolute Gasteiger partial charge is 0.406 e. The number of methoxy groups -OCH3 is 1. The van der Waals surface area contributed by atoms with Gasteiger partial charge in [-0.2, -0.15) is 0 Å². The fourth-order valence-electron chi connectivity index (χ4n) is 3.68. The lowest BCUT2D eigenvalue weighted by atomic mass is 10.1. The third-order valence-electron chi connectivity index (χ3n) is 5.30. The molecule has 8 nitrogen and oxygen atoms in total. The summed E-state index contributed by atoms with van der Waals surface area (Å²) >= 11 is 1.18. The van der Waals surface area contributed by atoms with Crippen LogP contribution >= 0.6 is 11.3 Å². The first-order valence-corrected chi connectivity index (χ1v) is 12.1. The second-order valence-corrected chi connectivity index (χ2v) is 8.86. The fraction of sp³-hybridized carbons (Fsp3) is 0.375. The molecule has 0 unspecified atom stereocenters. The lowest BCUT2D eigenvalue weighted by Crippen LogP contribution is -2.16. The van der Waals surface area contributed by atoms with Crippen molar-refractivity contribution in [1.82, 2.24) is 14.5 Å². The highest BCUT2D eigenvalue weighted by molar-refractivity contribution is 7.22. The topological polar surface area (TPSA) is 87.5 Å². The van der Waals surface area contributed by atoms with E-state index in [0.29, 0.717) is 71.6 Å². The minimum absolute atomic E-state index is 0.0145. The van der Waals surface area contributed by atoms with Crippen molar-refractivity contribution in [1.29, 1.82) is 0 Å². The summed E-state index contributed by atoms with van der Waals surface area (Å²) in [6.07, 6.45) is -3.74. The number of benzene rings is 2. The van der Waals surface area contributed by atoms with Crippen LogP contribution in [0.2, 0.25) is 0 Å². The average molecular weight is 523 g/mol. The molecule has 0 fully saturated rings. The molecule has 0 saturated carbocycles. The van der Waals surface area contributed by atoms with Gasteiger partial charge in [0, 0.05) is 44.9 Å². The summed E-state index contributed by atoms with van der Waals surface area (Å²) < 4.78 is 54.6. The Balaban J connectivity index is 1.59. The van der Waals surface area contributed by atoms with E-state index in [1.807, 2.05) is 17.6 Å². The van der Waals surface area contributed by atoms with Gasteiger partial charge in [0.1, 0.15) is 5.75 Å². The molecule has 4 aromatic rings. The Bertz CT molecular complexity index is 1350. The molecule has 0 aliphatic carbocycles. The predicted octanol–water partition coefficient (Wildman–Crippen LogP) is 5.93. The maximum atomic E-state index is 12.6. The molecule has 0 atom stereocenters. The van der Waals surface area contributed by atoms with Crippen LogP contribution in [0.25, 0.3) is 21.3 Å². The van der Waals surface area contributed by atoms with Gasteiger partial charge in [-0.25, -0.2) is 9.97 Å². The summed E-state index contributed by atoms with van der Waals surface area (Å²) in [5.41, 5.74) is 2.53. The van der Waals surface area contributed by atoms with Crippen molar-refractivity contribution in [3.63, 3.8) is 0 Å². The van der Waals surface area contributed by atoms with Crippen LogP contribution in [0.1, 0.15) is 30.1 Å². The van der Waals surface area contributed by atoms with Crippen molar-refractivity contribution in [3.05, 3.63) is 42.0 Å². The van der Waals surface area contributed by atoms with Gasteiger partial charge in [-0.15, -0.1) is 13.2 Å². The summed E-state index contributed by atoms with van der Waals surface area (Å²) in [7, 11) is 1.60. The Hall–Kier alpha value is -3.22. The first-order chi connectivity index (χ1) is 17.3. The molecule has 2 aromatic carbocycles. The number of imidazole rings is 1. The summed E-state index contributed by atoms with van der Waals surface area (Å²) in [6, 6.07) is 9.36. The van der Waals surface area contributed by atoms with Gasteiger partial charge in [0.15, 0.2) is 10.9 Å². The van der Waals surface area contributed by atoms with Crippen LogP contribution in [0.15, 0.2) is 36.4 Å². The minimum atomic E-state index is -4.77. The molecule has 12 heteroatoms. The highest BCUT2D eigenvalue weighted by atomic mass is 32.1. The number of anilines is 2. The van der Waals surface area contributed by atoms with Crippen molar-refractivity contribution in [3.8, 4) is 5.75 Å². The van der Waals surface area contributed by atoms with Gasteiger partial charge in [-0.3, -0.25) is 4.79 Å². The number of hydrogen-bond acceptors (Lipinski definition) is 8. The van der Waals surface area contributed by atoms with Crippen LogP contribution in [0, 0.1) is 0 Å². The second-order valence-electron chi connectivity index (χ2n) is 7.83. The van der Waals surface area contributed by atoms with Crippen molar-refractivity contribution in [2.24, 2.45) is 0 Å². The van der Waals surface area contributed by atoms with E-state index in [1.54, 1.807) is 19.2 Å². The van der Waals surface area contributed by atoms with E-state index in [0.717, 1.165) is 5.52 Å². The van der Waals surface area contributed by atoms with Crippen molar-refractivity contribution < 1.29 is 32.2 Å². The maximum Gasteiger partial charge on any atom is 0.573 e. The van der Waals surface area contributed by atoms with Gasteiger partial charge < -0.3 is 24.1 Å². The molecule has 2 aromatic heterocycles. The number of nitrogens with one attached hydrogen (secondary N) is 1. The van der Waals surface area contributed by atoms with Crippen LogP contribution in [-0.2, 0) is 16.0 Å². The molecule has 0 aliphatic heterocycles. The molecule has 0 aliphatic rings. The highest BCUT2D eigenvalue weighted by Gasteiger charge is 2.31. The van der Waals surface area contributed by atoms with Gasteiger partial charge in [0.05, 0.1) is 27.9 Å². The van der Waals surface area contributed by atoms with Gasteiger partial charge in [0.25, 0.3) is 0 Å². The zero-order valence-electron chi connectivity index (χ0n) is 19.7. The second kappa shape index (κ2) is 11.2. The summed E-state index contributed by atoms with van der Waals surface area (Å²) in [5, 5.41) is 3.62. The Morgan fingerprint density at radius 1 is 1.11 bits per heavy atom. The monoisotopic (exact) mass is 522 g/mol. The Labute approximate surface area is 209 Å². The standard InChI is InChI=1S/C24H25F3N4O4S/c1-3-34-11-4-5-20(32)15-6-9-19-18(13-15)28-22(31(19)10-12-33-2)30-23-29-17-8-7-16(14-21(17)36-23)35-24(25,26)27/h6-9,13-14H,3-5,10-12H2,1-2H3,(H,28,29,30). The number of alkyl halides is 3. The normalized spacial score (nSPS) is 11.9. The molecule has 0 radical (unpaired) electrons. The molecule has 0 spiro atoms. The molecule has 0 amide bonds. The highest BCUT2D eigenvalue weighted by Crippen LogP contribution is 2.33. The Morgan fingerprint density at radius 2 is 1.94 bits per heavy atom. The molecule has 192 valence electrons. The molecule has 2 heterocycles. The fourth-order valence-corrected chi connectivity index (χ4v) is 4.57. The van der Waals surface area contributed by atoms with Gasteiger partial charge in [-0.05, 0) is 43.7 Å². The zero-order chi connectivity index (χ0) is 25.7. The summed E-state index contributed by atoms with van der Waals surface area (Å²) in [6.45, 7) is 3.99. The van der Waals surface area contributed by atoms with E-state index in [1.165, 1.54) is 29.5 Å². The molecule has 36 heavy (non-hydrogen) atoms. The lowest BCUT2D eigenvalue weighted by molar-refractivity contribution is -0.274. The van der Waals surface area contributed by atoms with Crippen molar-refractivity contribution in [2.45, 2.75) is 32.7 Å². The van der Waals surface area contributed by atoms with E-state index in [-0.39, 0.29) is 11.5 Å². The third kappa shape index (κ3) is 6.31. The summed E-state index contributed by atoms with van der Waals surface area (Å²) in [4.78, 5) is 21.7. The van der Waals surface area contributed by atoms with E-state index in [4.69, 9.17) is 9.47 Å². The first-order valence-electron chi connectivity index (χ1n) is 11.3. The number of rotatable bonds is 12. The SMILES string of the molecule is CCOCCCC(=O)c1ccc2c(c1)nc(Nc1nc3ccc(OC(F)(F)F)cc3s1)n2CCOC. The first kappa shape index (κ1) is 25.9. The third-order valence-corrected chi connectivity index (χ3v) is 6.23. The number of hydrogen-bond donors (Lipinski definition) is 1. The predicted molar refractivity (Wildman–Crippen MR) is 131 cm³/mol. The van der Waals surface area contributed by atoms with Crippen LogP contribution in [0.3, 0.4) is 0 Å². The number of thiazole rings is 1. The number of aromatic nitrogens is 3. The molecular formula is C24H25F3N4O4S. The number of fused-ring (bicyclic) bond motifs is 2. The molecule has 0 saturated heterocycles. The number of ketones is 1. The number of ether oxygens (including phenoxy) is 3. The number of halogens is 3. The zero-order valence-corrected chi connectivity index (χ0v) is 20.5. The lowest BCUT2D eigenvalue weighted by Gasteiger charge is -2.09. The molecule has 0 bridgehead atoms. The summed E-state index contributed by atoms with van der Waals surface area (Å²) in [5.74, 6) is 0.186. The van der Waals surface area contributed by atoms with Crippen molar-refractivity contribution in [2.75, 3.05) is 32.2 Å². The maximum absolute atomic E-state index is 12.6. The van der Waals surface area contributed by atoms with E-state index >= 15 is 0 Å². The van der Waals surface area contributed by atoms with E-state index < -0.39 is 6.36 Å². The van der Waals surface area contributed by atoms with Crippen LogP contribution in [0.5, 0.6) is 5.75 Å². The largest absolute Gasteiger partial charge is 0.573 e. The number of Topliss-reactive ketones (excluding diaryl/α,β-unsaturated/α-hetero) is 1. The Kier molecular flexibility index (Phi) is 8.07. The van der Waals surface area contributed by atoms with Crippen molar-refractivity contribution >= 4 is 49.4 Å². The average Bonchev–Trinajstić information content (AvgIpc) is 3.38. The van der Waals surface area contributed by atoms with E-state index in [9.17, 15) is 18.0 Å². The van der Waals surface area contributed by atoms with Gasteiger partial charge >= 0.3 is 6.36 Å². The minimum Gasteiger partial charge on any atom is -0.406 e. The van der Waals surface area contributed by atoms with Crippen LogP contribution in [0.4, 0.5) is 24.3 Å². The molecule has 1 N–H and O–H groups in total. The van der Waals surface area contributed by atoms with Gasteiger partial charge in [-0.1, -0.05) is 11.3 Å². The van der Waals surface area contributed by atoms with Crippen LogP contribution in [-0.4, -0.2) is 53.6 Å². The van der Waals surface area contributed by atoms with E-state index in [2.05, 4.69) is 20.0 Å². The Morgan fingerprint density at radius 3 is 2.69 bits per heavy atom. The van der Waals surface area contributed by atoms with Crippen LogP contribution < -0.4 is 10.1 Å². The quantitative estimate of drug-likeness (QED) is 0.182. The number of carbonyl (C=O) groups is 1. The number of carbonyl (C=O) groups excluding carboxylic acids is 1.